The third-order valence-electron chi connectivity index (χ3n) is 4.09. The predicted octanol–water partition coefficient (Wildman–Crippen LogP) is 2.65. The summed E-state index contributed by atoms with van der Waals surface area (Å²) in [6, 6.07) is 7.31. The number of nitrogens with one attached hydrogen (secondary N) is 2. The molecule has 4 nitrogen and oxygen atoms in total. The van der Waals surface area contributed by atoms with E-state index >= 15 is 0 Å². The minimum Gasteiger partial charge on any atom is -0.313 e. The SMILES string of the molecule is CCNCc1ccccc1S(=O)(=O)NC1CCCC(C)C1. The van der Waals surface area contributed by atoms with Gasteiger partial charge in [-0.15, -0.1) is 0 Å². The monoisotopic (exact) mass is 310 g/mol. The third kappa shape index (κ3) is 4.53. The molecule has 1 aliphatic carbocycles. The summed E-state index contributed by atoms with van der Waals surface area (Å²) in [6.07, 6.45) is 4.19. The van der Waals surface area contributed by atoms with E-state index in [4.69, 9.17) is 0 Å². The summed E-state index contributed by atoms with van der Waals surface area (Å²) < 4.78 is 28.2. The van der Waals surface area contributed by atoms with Gasteiger partial charge in [0, 0.05) is 12.6 Å². The summed E-state index contributed by atoms with van der Waals surface area (Å²) >= 11 is 0. The van der Waals surface area contributed by atoms with Gasteiger partial charge in [-0.05, 0) is 36.9 Å². The average molecular weight is 310 g/mol. The van der Waals surface area contributed by atoms with E-state index in [-0.39, 0.29) is 6.04 Å². The highest BCUT2D eigenvalue weighted by atomic mass is 32.2. The van der Waals surface area contributed by atoms with Gasteiger partial charge in [0.1, 0.15) is 0 Å². The van der Waals surface area contributed by atoms with Crippen LogP contribution in [0.4, 0.5) is 0 Å². The summed E-state index contributed by atoms with van der Waals surface area (Å²) in [7, 11) is -3.43. The smallest absolute Gasteiger partial charge is 0.241 e. The van der Waals surface area contributed by atoms with Crippen molar-refractivity contribution in [1.82, 2.24) is 10.0 Å². The largest absolute Gasteiger partial charge is 0.313 e. The van der Waals surface area contributed by atoms with E-state index in [0.717, 1.165) is 31.4 Å². The Morgan fingerprint density at radius 3 is 2.71 bits per heavy atom. The van der Waals surface area contributed by atoms with Gasteiger partial charge >= 0.3 is 0 Å². The van der Waals surface area contributed by atoms with Gasteiger partial charge in [-0.2, -0.15) is 0 Å². The molecule has 2 rings (SSSR count). The zero-order chi connectivity index (χ0) is 15.3. The molecule has 0 aromatic heterocycles. The van der Waals surface area contributed by atoms with Crippen LogP contribution < -0.4 is 10.0 Å². The first-order valence-corrected chi connectivity index (χ1v) is 9.32. The number of benzene rings is 1. The molecule has 2 unspecified atom stereocenters. The molecule has 0 amide bonds. The lowest BCUT2D eigenvalue weighted by Crippen LogP contribution is -2.38. The molecule has 0 heterocycles. The molecule has 0 saturated heterocycles. The predicted molar refractivity (Wildman–Crippen MR) is 85.6 cm³/mol. The summed E-state index contributed by atoms with van der Waals surface area (Å²) in [5.41, 5.74) is 0.829. The van der Waals surface area contributed by atoms with Crippen LogP contribution in [0.25, 0.3) is 0 Å². The van der Waals surface area contributed by atoms with Crippen LogP contribution in [-0.4, -0.2) is 21.0 Å². The van der Waals surface area contributed by atoms with Gasteiger partial charge in [0.15, 0.2) is 0 Å². The Bertz CT molecular complexity index is 557. The van der Waals surface area contributed by atoms with E-state index in [0.29, 0.717) is 17.4 Å². The van der Waals surface area contributed by atoms with Crippen LogP contribution in [0.3, 0.4) is 0 Å². The molecule has 1 aliphatic rings. The standard InChI is InChI=1S/C16H26N2O2S/c1-3-17-12-14-8-4-5-10-16(14)21(19,20)18-15-9-6-7-13(2)11-15/h4-5,8,10,13,15,17-18H,3,6-7,9,11-12H2,1-2H3. The second-order valence-electron chi connectivity index (χ2n) is 5.98. The highest BCUT2D eigenvalue weighted by molar-refractivity contribution is 7.89. The maximum atomic E-state index is 12.7. The zero-order valence-corrected chi connectivity index (χ0v) is 13.7. The van der Waals surface area contributed by atoms with Crippen molar-refractivity contribution >= 4 is 10.0 Å². The molecule has 0 aliphatic heterocycles. The fourth-order valence-corrected chi connectivity index (χ4v) is 4.52. The lowest BCUT2D eigenvalue weighted by molar-refractivity contribution is 0.327. The zero-order valence-electron chi connectivity index (χ0n) is 12.9. The van der Waals surface area contributed by atoms with Crippen LogP contribution >= 0.6 is 0 Å². The van der Waals surface area contributed by atoms with Crippen LogP contribution in [0.5, 0.6) is 0 Å². The van der Waals surface area contributed by atoms with Crippen molar-refractivity contribution in [2.75, 3.05) is 6.54 Å². The molecular formula is C16H26N2O2S. The van der Waals surface area contributed by atoms with Crippen LogP contribution in [0.1, 0.15) is 45.1 Å². The Balaban J connectivity index is 2.15. The summed E-state index contributed by atoms with van der Waals surface area (Å²) in [5, 5.41) is 3.20. The molecular weight excluding hydrogens is 284 g/mol. The number of hydrogen-bond donors (Lipinski definition) is 2. The first kappa shape index (κ1) is 16.5. The molecule has 2 N–H and O–H groups in total. The number of sulfonamides is 1. The molecule has 118 valence electrons. The van der Waals surface area contributed by atoms with Crippen LogP contribution in [0.15, 0.2) is 29.2 Å². The van der Waals surface area contributed by atoms with Gasteiger partial charge in [0.2, 0.25) is 10.0 Å². The maximum Gasteiger partial charge on any atom is 0.241 e. The fraction of sp³-hybridized carbons (Fsp3) is 0.625. The fourth-order valence-electron chi connectivity index (χ4n) is 3.00. The van der Waals surface area contributed by atoms with Crippen molar-refractivity contribution in [3.05, 3.63) is 29.8 Å². The van der Waals surface area contributed by atoms with E-state index in [9.17, 15) is 8.42 Å². The van der Waals surface area contributed by atoms with Crippen molar-refractivity contribution in [2.45, 2.75) is 57.0 Å². The van der Waals surface area contributed by atoms with Crippen LogP contribution in [0.2, 0.25) is 0 Å². The minimum absolute atomic E-state index is 0.0749. The Labute approximate surface area is 128 Å². The van der Waals surface area contributed by atoms with E-state index < -0.39 is 10.0 Å². The van der Waals surface area contributed by atoms with Crippen molar-refractivity contribution in [3.63, 3.8) is 0 Å². The highest BCUT2D eigenvalue weighted by Gasteiger charge is 2.25. The van der Waals surface area contributed by atoms with Gasteiger partial charge in [0.25, 0.3) is 0 Å². The van der Waals surface area contributed by atoms with Crippen molar-refractivity contribution in [2.24, 2.45) is 5.92 Å². The second kappa shape index (κ2) is 7.38. The second-order valence-corrected chi connectivity index (χ2v) is 7.66. The first-order chi connectivity index (χ1) is 10.0. The minimum atomic E-state index is -3.43. The van der Waals surface area contributed by atoms with Gasteiger partial charge in [-0.1, -0.05) is 44.9 Å². The van der Waals surface area contributed by atoms with E-state index in [1.54, 1.807) is 12.1 Å². The van der Waals surface area contributed by atoms with Crippen molar-refractivity contribution in [3.8, 4) is 0 Å². The highest BCUT2D eigenvalue weighted by Crippen LogP contribution is 2.25. The maximum absolute atomic E-state index is 12.7. The molecule has 1 aromatic carbocycles. The Morgan fingerprint density at radius 2 is 2.00 bits per heavy atom. The van der Waals surface area contributed by atoms with Gasteiger partial charge in [-0.3, -0.25) is 0 Å². The molecule has 1 fully saturated rings. The summed E-state index contributed by atoms with van der Waals surface area (Å²) in [4.78, 5) is 0.407. The first-order valence-electron chi connectivity index (χ1n) is 7.84. The van der Waals surface area contributed by atoms with E-state index in [1.807, 2.05) is 19.1 Å². The molecule has 0 spiro atoms. The van der Waals surface area contributed by atoms with E-state index in [2.05, 4.69) is 17.0 Å². The molecule has 21 heavy (non-hydrogen) atoms. The third-order valence-corrected chi connectivity index (χ3v) is 5.71. The summed E-state index contributed by atoms with van der Waals surface area (Å²) in [5.74, 6) is 0.600. The molecule has 5 heteroatoms. The lowest BCUT2D eigenvalue weighted by atomic mass is 9.88. The van der Waals surface area contributed by atoms with Gasteiger partial charge in [-0.25, -0.2) is 13.1 Å². The molecule has 0 radical (unpaired) electrons. The normalized spacial score (nSPS) is 23.1. The molecule has 1 aromatic rings. The van der Waals surface area contributed by atoms with Crippen LogP contribution in [0, 0.1) is 5.92 Å². The molecule has 2 atom stereocenters. The Hall–Kier alpha value is -0.910. The van der Waals surface area contributed by atoms with Crippen LogP contribution in [-0.2, 0) is 16.6 Å². The topological polar surface area (TPSA) is 58.2 Å². The number of hydrogen-bond acceptors (Lipinski definition) is 3. The summed E-state index contributed by atoms with van der Waals surface area (Å²) in [6.45, 7) is 5.61. The lowest BCUT2D eigenvalue weighted by Gasteiger charge is -2.27. The van der Waals surface area contributed by atoms with Gasteiger partial charge in [0.05, 0.1) is 4.90 Å². The van der Waals surface area contributed by atoms with Crippen molar-refractivity contribution in [1.29, 1.82) is 0 Å². The van der Waals surface area contributed by atoms with Crippen molar-refractivity contribution < 1.29 is 8.42 Å². The molecule has 0 bridgehead atoms. The number of rotatable bonds is 6. The van der Waals surface area contributed by atoms with E-state index in [1.165, 1.54) is 6.42 Å². The Kier molecular flexibility index (Phi) is 5.79. The molecule has 1 saturated carbocycles. The quantitative estimate of drug-likeness (QED) is 0.849. The average Bonchev–Trinajstić information content (AvgIpc) is 2.45. The Morgan fingerprint density at radius 1 is 1.24 bits per heavy atom. The van der Waals surface area contributed by atoms with Gasteiger partial charge < -0.3 is 5.32 Å².